The second kappa shape index (κ2) is 7.09. The molecule has 0 bridgehead atoms. The van der Waals surface area contributed by atoms with E-state index >= 15 is 0 Å². The molecular formula is C23H18F3NO3. The van der Waals surface area contributed by atoms with Gasteiger partial charge in [-0.05, 0) is 47.5 Å². The quantitative estimate of drug-likeness (QED) is 0.633. The number of alkyl halides is 3. The maximum atomic E-state index is 13.6. The first-order chi connectivity index (χ1) is 14.3. The molecule has 0 fully saturated rings. The van der Waals surface area contributed by atoms with Gasteiger partial charge in [-0.3, -0.25) is 4.79 Å². The molecule has 154 valence electrons. The lowest BCUT2D eigenvalue weighted by Gasteiger charge is -2.30. The van der Waals surface area contributed by atoms with Crippen molar-refractivity contribution in [3.05, 3.63) is 89.0 Å². The van der Waals surface area contributed by atoms with Crippen LogP contribution in [0.1, 0.15) is 27.0 Å². The number of nitrogens with one attached hydrogen (secondary N) is 1. The van der Waals surface area contributed by atoms with E-state index in [1.807, 2.05) is 0 Å². The molecular weight excluding hydrogens is 395 g/mol. The number of ketones is 1. The maximum Gasteiger partial charge on any atom is 0.418 e. The molecule has 0 saturated heterocycles. The number of ether oxygens (including phenoxy) is 2. The number of benzene rings is 3. The smallest absolute Gasteiger partial charge is 0.418 e. The molecule has 0 aliphatic carbocycles. The Kier molecular flexibility index (Phi) is 4.68. The van der Waals surface area contributed by atoms with Gasteiger partial charge in [0.15, 0.2) is 11.3 Å². The van der Waals surface area contributed by atoms with Crippen LogP contribution in [0.15, 0.2) is 66.7 Å². The van der Waals surface area contributed by atoms with Gasteiger partial charge in [0, 0.05) is 5.56 Å². The number of Topliss-reactive ketones (excluding diaryl/α,β-unsaturated/α-hetero) is 1. The van der Waals surface area contributed by atoms with Crippen molar-refractivity contribution in [2.45, 2.75) is 11.7 Å². The van der Waals surface area contributed by atoms with E-state index in [1.54, 1.807) is 48.5 Å². The first-order valence-electron chi connectivity index (χ1n) is 9.13. The highest BCUT2D eigenvalue weighted by Gasteiger charge is 2.51. The van der Waals surface area contributed by atoms with Gasteiger partial charge in [-0.15, -0.1) is 0 Å². The molecule has 0 amide bonds. The minimum absolute atomic E-state index is 0.00328. The molecule has 1 aliphatic heterocycles. The molecule has 7 heteroatoms. The highest BCUT2D eigenvalue weighted by molar-refractivity contribution is 6.16. The van der Waals surface area contributed by atoms with Gasteiger partial charge in [-0.1, -0.05) is 30.3 Å². The van der Waals surface area contributed by atoms with E-state index in [0.29, 0.717) is 22.6 Å². The molecule has 1 N–H and O–H groups in total. The molecule has 30 heavy (non-hydrogen) atoms. The number of fused-ring (bicyclic) bond motifs is 1. The van der Waals surface area contributed by atoms with Gasteiger partial charge in [0.1, 0.15) is 11.5 Å². The standard InChI is InChI=1S/C23H18F3NO3/c1-29-16-10-6-14(7-11-16)22(15-8-12-17(30-2)13-9-15)21(28)18-4-3-5-19(20(18)27-22)23(24,25)26/h3-13,27H,1-2H3. The lowest BCUT2D eigenvalue weighted by atomic mass is 9.79. The van der Waals surface area contributed by atoms with Crippen molar-refractivity contribution in [1.29, 1.82) is 0 Å². The fourth-order valence-corrected chi connectivity index (χ4v) is 3.81. The Morgan fingerprint density at radius 3 is 1.73 bits per heavy atom. The number of carbonyl (C=O) groups excluding carboxylic acids is 1. The zero-order valence-electron chi connectivity index (χ0n) is 16.2. The summed E-state index contributed by atoms with van der Waals surface area (Å²) in [5.74, 6) is 0.684. The average molecular weight is 413 g/mol. The van der Waals surface area contributed by atoms with Crippen molar-refractivity contribution in [3.8, 4) is 11.5 Å². The van der Waals surface area contributed by atoms with E-state index in [1.165, 1.54) is 26.4 Å². The van der Waals surface area contributed by atoms with Gasteiger partial charge < -0.3 is 14.8 Å². The second-order valence-corrected chi connectivity index (χ2v) is 6.89. The minimum Gasteiger partial charge on any atom is -0.497 e. The van der Waals surface area contributed by atoms with Crippen molar-refractivity contribution in [2.75, 3.05) is 19.5 Å². The molecule has 0 spiro atoms. The predicted molar refractivity (Wildman–Crippen MR) is 106 cm³/mol. The third-order valence-corrected chi connectivity index (χ3v) is 5.31. The van der Waals surface area contributed by atoms with Gasteiger partial charge >= 0.3 is 6.18 Å². The molecule has 4 nitrogen and oxygen atoms in total. The zero-order valence-corrected chi connectivity index (χ0v) is 16.2. The third kappa shape index (κ3) is 2.98. The predicted octanol–water partition coefficient (Wildman–Crippen LogP) is 5.27. The summed E-state index contributed by atoms with van der Waals surface area (Å²) in [6.07, 6.45) is -4.60. The molecule has 1 aliphatic rings. The van der Waals surface area contributed by atoms with Gasteiger partial charge in [-0.25, -0.2) is 0 Å². The number of methoxy groups -OCH3 is 2. The van der Waals surface area contributed by atoms with E-state index < -0.39 is 23.1 Å². The summed E-state index contributed by atoms with van der Waals surface area (Å²) in [6, 6.07) is 17.0. The summed E-state index contributed by atoms with van der Waals surface area (Å²) < 4.78 is 51.3. The third-order valence-electron chi connectivity index (χ3n) is 5.31. The van der Waals surface area contributed by atoms with Crippen molar-refractivity contribution in [3.63, 3.8) is 0 Å². The number of para-hydroxylation sites is 1. The number of anilines is 1. The molecule has 0 atom stereocenters. The average Bonchev–Trinajstić information content (AvgIpc) is 3.06. The van der Waals surface area contributed by atoms with Crippen LogP contribution in [0.5, 0.6) is 11.5 Å². The van der Waals surface area contributed by atoms with Crippen molar-refractivity contribution >= 4 is 11.5 Å². The molecule has 4 rings (SSSR count). The van der Waals surface area contributed by atoms with Crippen molar-refractivity contribution < 1.29 is 27.4 Å². The molecule has 1 heterocycles. The number of halogens is 3. The lowest BCUT2D eigenvalue weighted by molar-refractivity contribution is -0.136. The summed E-state index contributed by atoms with van der Waals surface area (Å²) in [6.45, 7) is 0. The normalized spacial score (nSPS) is 14.8. The van der Waals surface area contributed by atoms with E-state index in [0.717, 1.165) is 6.07 Å². The van der Waals surface area contributed by atoms with Crippen LogP contribution in [0.2, 0.25) is 0 Å². The van der Waals surface area contributed by atoms with Crippen LogP contribution in [0.25, 0.3) is 0 Å². The van der Waals surface area contributed by atoms with E-state index in [9.17, 15) is 18.0 Å². The monoisotopic (exact) mass is 413 g/mol. The maximum absolute atomic E-state index is 13.6. The summed E-state index contributed by atoms with van der Waals surface area (Å²) in [5, 5.41) is 2.93. The summed E-state index contributed by atoms with van der Waals surface area (Å²) in [4.78, 5) is 13.6. The number of hydrogen-bond donors (Lipinski definition) is 1. The van der Waals surface area contributed by atoms with Crippen LogP contribution in [0.3, 0.4) is 0 Å². The first kappa shape index (κ1) is 19.8. The van der Waals surface area contributed by atoms with Gasteiger partial charge in [0.05, 0.1) is 25.5 Å². The van der Waals surface area contributed by atoms with E-state index in [4.69, 9.17) is 9.47 Å². The van der Waals surface area contributed by atoms with Gasteiger partial charge in [0.25, 0.3) is 0 Å². The molecule has 0 aromatic heterocycles. The summed E-state index contributed by atoms with van der Waals surface area (Å²) in [5.41, 5.74) is -1.61. The molecule has 0 saturated carbocycles. The summed E-state index contributed by atoms with van der Waals surface area (Å²) in [7, 11) is 3.03. The molecule has 3 aromatic rings. The highest BCUT2D eigenvalue weighted by atomic mass is 19.4. The Labute approximate surface area is 171 Å². The van der Waals surface area contributed by atoms with Crippen LogP contribution >= 0.6 is 0 Å². The summed E-state index contributed by atoms with van der Waals surface area (Å²) >= 11 is 0. The number of rotatable bonds is 4. The van der Waals surface area contributed by atoms with Crippen molar-refractivity contribution in [1.82, 2.24) is 0 Å². The Morgan fingerprint density at radius 2 is 1.30 bits per heavy atom. The topological polar surface area (TPSA) is 47.6 Å². The van der Waals surface area contributed by atoms with Crippen molar-refractivity contribution in [2.24, 2.45) is 0 Å². The second-order valence-electron chi connectivity index (χ2n) is 6.89. The van der Waals surface area contributed by atoms with Crippen LogP contribution in [-0.4, -0.2) is 20.0 Å². The minimum atomic E-state index is -4.60. The Balaban J connectivity index is 1.95. The zero-order chi connectivity index (χ0) is 21.5. The fraction of sp³-hybridized carbons (Fsp3) is 0.174. The van der Waals surface area contributed by atoms with Crippen LogP contribution in [-0.2, 0) is 11.7 Å². The van der Waals surface area contributed by atoms with E-state index in [2.05, 4.69) is 5.32 Å². The Morgan fingerprint density at radius 1 is 0.800 bits per heavy atom. The number of carbonyl (C=O) groups is 1. The largest absolute Gasteiger partial charge is 0.497 e. The SMILES string of the molecule is COc1ccc(C2(c3ccc(OC)cc3)Nc3c(cccc3C(F)(F)F)C2=O)cc1. The van der Waals surface area contributed by atoms with Gasteiger partial charge in [-0.2, -0.15) is 13.2 Å². The van der Waals surface area contributed by atoms with Crippen LogP contribution in [0, 0.1) is 0 Å². The van der Waals surface area contributed by atoms with Gasteiger partial charge in [0.2, 0.25) is 0 Å². The molecule has 0 radical (unpaired) electrons. The Bertz CT molecular complexity index is 1040. The number of hydrogen-bond acceptors (Lipinski definition) is 4. The van der Waals surface area contributed by atoms with E-state index in [-0.39, 0.29) is 11.3 Å². The van der Waals surface area contributed by atoms with Crippen LogP contribution in [0.4, 0.5) is 18.9 Å². The Hall–Kier alpha value is -3.48. The first-order valence-corrected chi connectivity index (χ1v) is 9.13. The lowest BCUT2D eigenvalue weighted by Crippen LogP contribution is -2.40. The molecule has 3 aromatic carbocycles. The fourth-order valence-electron chi connectivity index (χ4n) is 3.81. The van der Waals surface area contributed by atoms with Crippen LogP contribution < -0.4 is 14.8 Å². The molecule has 0 unspecified atom stereocenters. The highest BCUT2D eigenvalue weighted by Crippen LogP contribution is 2.48.